The zero-order valence-electron chi connectivity index (χ0n) is 14.7. The lowest BCUT2D eigenvalue weighted by Crippen LogP contribution is -2.34. The van der Waals surface area contributed by atoms with Gasteiger partial charge in [-0.05, 0) is 50.3 Å². The number of carbonyl (C=O) groups is 1. The van der Waals surface area contributed by atoms with Crippen LogP contribution in [0.1, 0.15) is 36.7 Å². The standard InChI is InChI=1S/C19H22N2O4S/c1-2-23-14-7-12(8-14)5-6-20-18(22)15-10-26-19(21-15)13-3-4-16-17(9-13)25-11-24-16/h3-4,9-10,12,14H,2,5-8,11H2,1H3,(H,20,22). The number of nitrogens with zero attached hydrogens (tertiary/aromatic N) is 1. The second kappa shape index (κ2) is 7.63. The Labute approximate surface area is 156 Å². The van der Waals surface area contributed by atoms with Gasteiger partial charge in [0.05, 0.1) is 6.10 Å². The van der Waals surface area contributed by atoms with Crippen molar-refractivity contribution in [1.82, 2.24) is 10.3 Å². The molecule has 0 bridgehead atoms. The molecule has 1 amide bonds. The van der Waals surface area contributed by atoms with Crippen molar-refractivity contribution in [3.05, 3.63) is 29.3 Å². The van der Waals surface area contributed by atoms with Gasteiger partial charge in [0.25, 0.3) is 5.91 Å². The first-order valence-corrected chi connectivity index (χ1v) is 9.86. The lowest BCUT2D eigenvalue weighted by Gasteiger charge is -2.34. The summed E-state index contributed by atoms with van der Waals surface area (Å²) in [6, 6.07) is 5.70. The molecule has 1 saturated carbocycles. The first kappa shape index (κ1) is 17.3. The molecule has 1 aliphatic carbocycles. The first-order chi connectivity index (χ1) is 12.7. The van der Waals surface area contributed by atoms with Gasteiger partial charge in [-0.1, -0.05) is 0 Å². The van der Waals surface area contributed by atoms with Gasteiger partial charge >= 0.3 is 0 Å². The third-order valence-corrected chi connectivity index (χ3v) is 5.68. The SMILES string of the molecule is CCOC1CC(CCNC(=O)c2csc(-c3ccc4c(c3)OCO4)n2)C1. The molecule has 0 spiro atoms. The van der Waals surface area contributed by atoms with Gasteiger partial charge in [0.1, 0.15) is 10.7 Å². The van der Waals surface area contributed by atoms with Crippen LogP contribution in [0.3, 0.4) is 0 Å². The van der Waals surface area contributed by atoms with E-state index in [1.54, 1.807) is 5.38 Å². The van der Waals surface area contributed by atoms with Gasteiger partial charge in [-0.15, -0.1) is 11.3 Å². The fourth-order valence-electron chi connectivity index (χ4n) is 3.30. The zero-order valence-corrected chi connectivity index (χ0v) is 15.5. The predicted octanol–water partition coefficient (Wildman–Crippen LogP) is 3.47. The molecule has 1 aromatic carbocycles. The second-order valence-corrected chi connectivity index (χ2v) is 7.42. The molecule has 0 atom stereocenters. The molecule has 0 saturated heterocycles. The zero-order chi connectivity index (χ0) is 17.9. The molecule has 2 aliphatic rings. The van der Waals surface area contributed by atoms with Crippen molar-refractivity contribution >= 4 is 17.2 Å². The molecular formula is C19H22N2O4S. The van der Waals surface area contributed by atoms with Crippen LogP contribution >= 0.6 is 11.3 Å². The molecule has 2 heterocycles. The van der Waals surface area contributed by atoms with E-state index >= 15 is 0 Å². The average Bonchev–Trinajstić information content (AvgIpc) is 3.27. The van der Waals surface area contributed by atoms with Crippen molar-refractivity contribution in [1.29, 1.82) is 0 Å². The minimum Gasteiger partial charge on any atom is -0.454 e. The van der Waals surface area contributed by atoms with Gasteiger partial charge in [-0.2, -0.15) is 0 Å². The largest absolute Gasteiger partial charge is 0.454 e. The number of hydrogen-bond donors (Lipinski definition) is 1. The van der Waals surface area contributed by atoms with Crippen molar-refractivity contribution in [3.8, 4) is 22.1 Å². The molecule has 1 aromatic heterocycles. The number of carbonyl (C=O) groups excluding carboxylic acids is 1. The van der Waals surface area contributed by atoms with Crippen molar-refractivity contribution in [2.45, 2.75) is 32.3 Å². The maximum atomic E-state index is 12.3. The van der Waals surface area contributed by atoms with Crippen LogP contribution in [0.5, 0.6) is 11.5 Å². The minimum atomic E-state index is -0.117. The molecule has 2 aromatic rings. The summed E-state index contributed by atoms with van der Waals surface area (Å²) < 4.78 is 16.3. The summed E-state index contributed by atoms with van der Waals surface area (Å²) in [6.45, 7) is 3.73. The minimum absolute atomic E-state index is 0.117. The number of ether oxygens (including phenoxy) is 3. The van der Waals surface area contributed by atoms with Crippen molar-refractivity contribution in [3.63, 3.8) is 0 Å². The number of fused-ring (bicyclic) bond motifs is 1. The van der Waals surface area contributed by atoms with Crippen LogP contribution < -0.4 is 14.8 Å². The molecule has 6 nitrogen and oxygen atoms in total. The van der Waals surface area contributed by atoms with E-state index in [-0.39, 0.29) is 12.7 Å². The van der Waals surface area contributed by atoms with Crippen LogP contribution in [0.2, 0.25) is 0 Å². The Morgan fingerprint density at radius 3 is 3.04 bits per heavy atom. The molecule has 4 rings (SSSR count). The normalized spacial score (nSPS) is 20.7. The van der Waals surface area contributed by atoms with E-state index in [0.717, 1.165) is 47.9 Å². The fourth-order valence-corrected chi connectivity index (χ4v) is 4.10. The number of benzene rings is 1. The lowest BCUT2D eigenvalue weighted by atomic mass is 9.80. The summed E-state index contributed by atoms with van der Waals surface area (Å²) in [5, 5.41) is 5.56. The van der Waals surface area contributed by atoms with E-state index in [9.17, 15) is 4.79 Å². The number of hydrogen-bond acceptors (Lipinski definition) is 6. The Hall–Kier alpha value is -2.12. The number of aromatic nitrogens is 1. The topological polar surface area (TPSA) is 69.7 Å². The predicted molar refractivity (Wildman–Crippen MR) is 98.8 cm³/mol. The Bertz CT molecular complexity index is 786. The molecule has 1 aliphatic heterocycles. The van der Waals surface area contributed by atoms with Crippen molar-refractivity contribution in [2.24, 2.45) is 5.92 Å². The quantitative estimate of drug-likeness (QED) is 0.804. The van der Waals surface area contributed by atoms with Crippen molar-refractivity contribution < 1.29 is 19.0 Å². The van der Waals surface area contributed by atoms with Crippen LogP contribution in [0, 0.1) is 5.92 Å². The highest BCUT2D eigenvalue weighted by Gasteiger charge is 2.29. The highest BCUT2D eigenvalue weighted by atomic mass is 32.1. The van der Waals surface area contributed by atoms with E-state index in [0.29, 0.717) is 24.3 Å². The molecule has 26 heavy (non-hydrogen) atoms. The third kappa shape index (κ3) is 3.68. The molecule has 138 valence electrons. The van der Waals surface area contributed by atoms with Crippen LogP contribution in [0.25, 0.3) is 10.6 Å². The fraction of sp³-hybridized carbons (Fsp3) is 0.474. The van der Waals surface area contributed by atoms with E-state index < -0.39 is 0 Å². The number of rotatable bonds is 7. The molecular weight excluding hydrogens is 352 g/mol. The Kier molecular flexibility index (Phi) is 5.08. The second-order valence-electron chi connectivity index (χ2n) is 6.57. The maximum Gasteiger partial charge on any atom is 0.270 e. The van der Waals surface area contributed by atoms with Gasteiger partial charge in [0.15, 0.2) is 11.5 Å². The van der Waals surface area contributed by atoms with E-state index in [1.165, 1.54) is 11.3 Å². The maximum absolute atomic E-state index is 12.3. The smallest absolute Gasteiger partial charge is 0.270 e. The van der Waals surface area contributed by atoms with E-state index in [2.05, 4.69) is 10.3 Å². The van der Waals surface area contributed by atoms with Crippen LogP contribution in [0.4, 0.5) is 0 Å². The van der Waals surface area contributed by atoms with Gasteiger partial charge in [0.2, 0.25) is 6.79 Å². The molecule has 0 radical (unpaired) electrons. The summed E-state index contributed by atoms with van der Waals surface area (Å²) in [4.78, 5) is 16.8. The van der Waals surface area contributed by atoms with Gasteiger partial charge < -0.3 is 19.5 Å². The summed E-state index contributed by atoms with van der Waals surface area (Å²) >= 11 is 1.45. The number of nitrogens with one attached hydrogen (secondary N) is 1. The highest BCUT2D eigenvalue weighted by molar-refractivity contribution is 7.13. The first-order valence-electron chi connectivity index (χ1n) is 8.98. The average molecular weight is 374 g/mol. The molecule has 7 heteroatoms. The summed E-state index contributed by atoms with van der Waals surface area (Å²) in [5.74, 6) is 2.00. The lowest BCUT2D eigenvalue weighted by molar-refractivity contribution is -0.0261. The molecule has 1 N–H and O–H groups in total. The van der Waals surface area contributed by atoms with Gasteiger partial charge in [-0.3, -0.25) is 4.79 Å². The molecule has 0 unspecified atom stereocenters. The van der Waals surface area contributed by atoms with Gasteiger partial charge in [0, 0.05) is 24.1 Å². The summed E-state index contributed by atoms with van der Waals surface area (Å²) in [7, 11) is 0. The van der Waals surface area contributed by atoms with E-state index in [4.69, 9.17) is 14.2 Å². The monoisotopic (exact) mass is 374 g/mol. The highest BCUT2D eigenvalue weighted by Crippen LogP contribution is 2.36. The van der Waals surface area contributed by atoms with Crippen LogP contribution in [0.15, 0.2) is 23.6 Å². The molecule has 1 fully saturated rings. The third-order valence-electron chi connectivity index (χ3n) is 4.79. The van der Waals surface area contributed by atoms with Crippen molar-refractivity contribution in [2.75, 3.05) is 19.9 Å². The summed E-state index contributed by atoms with van der Waals surface area (Å²) in [6.07, 6.45) is 3.63. The Balaban J connectivity index is 1.28. The number of amides is 1. The Morgan fingerprint density at radius 1 is 1.35 bits per heavy atom. The summed E-state index contributed by atoms with van der Waals surface area (Å²) in [5.41, 5.74) is 1.39. The van der Waals surface area contributed by atoms with Crippen LogP contribution in [-0.4, -0.2) is 36.9 Å². The van der Waals surface area contributed by atoms with E-state index in [1.807, 2.05) is 25.1 Å². The Morgan fingerprint density at radius 2 is 2.19 bits per heavy atom. The van der Waals surface area contributed by atoms with Crippen LogP contribution in [-0.2, 0) is 4.74 Å². The van der Waals surface area contributed by atoms with Gasteiger partial charge in [-0.25, -0.2) is 4.98 Å². The number of thiazole rings is 1.